The highest BCUT2D eigenvalue weighted by molar-refractivity contribution is 6.32. The molecular formula is C18H20Cl3N5O. The van der Waals surface area contributed by atoms with E-state index in [-0.39, 0.29) is 24.3 Å². The summed E-state index contributed by atoms with van der Waals surface area (Å²) >= 11 is 12.3. The summed E-state index contributed by atoms with van der Waals surface area (Å²) in [5.41, 5.74) is 12.8. The summed E-state index contributed by atoms with van der Waals surface area (Å²) in [6.07, 6.45) is 0. The second-order valence-corrected chi connectivity index (χ2v) is 7.14. The molecule has 2 aromatic carbocycles. The van der Waals surface area contributed by atoms with E-state index < -0.39 is 5.66 Å². The van der Waals surface area contributed by atoms with E-state index in [4.69, 9.17) is 39.4 Å². The van der Waals surface area contributed by atoms with Crippen LogP contribution in [-0.2, 0) is 6.61 Å². The number of hydrogen-bond acceptors (Lipinski definition) is 6. The predicted octanol–water partition coefficient (Wildman–Crippen LogP) is 4.18. The Morgan fingerprint density at radius 2 is 1.74 bits per heavy atom. The van der Waals surface area contributed by atoms with Gasteiger partial charge in [0.15, 0.2) is 0 Å². The fraction of sp³-hybridized carbons (Fsp3) is 0.222. The smallest absolute Gasteiger partial charge is 0.220 e. The third-order valence-electron chi connectivity index (χ3n) is 3.87. The average molecular weight is 429 g/mol. The minimum Gasteiger partial charge on any atom is -0.487 e. The molecule has 4 N–H and O–H groups in total. The van der Waals surface area contributed by atoms with E-state index in [0.29, 0.717) is 22.4 Å². The van der Waals surface area contributed by atoms with Crippen molar-refractivity contribution < 1.29 is 4.74 Å². The van der Waals surface area contributed by atoms with Crippen molar-refractivity contribution in [3.63, 3.8) is 0 Å². The zero-order chi connectivity index (χ0) is 18.9. The summed E-state index contributed by atoms with van der Waals surface area (Å²) in [5, 5.41) is 1.14. The van der Waals surface area contributed by atoms with Crippen LogP contribution in [0, 0.1) is 0 Å². The fourth-order valence-corrected chi connectivity index (χ4v) is 3.09. The van der Waals surface area contributed by atoms with E-state index in [0.717, 1.165) is 11.3 Å². The lowest BCUT2D eigenvalue weighted by atomic mass is 10.1. The number of nitrogens with two attached hydrogens (primary N) is 2. The summed E-state index contributed by atoms with van der Waals surface area (Å²) in [7, 11) is 0. The lowest BCUT2D eigenvalue weighted by molar-refractivity contribution is 0.306. The van der Waals surface area contributed by atoms with Gasteiger partial charge in [-0.3, -0.25) is 4.90 Å². The fourth-order valence-electron chi connectivity index (χ4n) is 2.74. The van der Waals surface area contributed by atoms with Gasteiger partial charge in [0.1, 0.15) is 18.0 Å². The predicted molar refractivity (Wildman–Crippen MR) is 114 cm³/mol. The zero-order valence-electron chi connectivity index (χ0n) is 14.8. The molecule has 1 aliphatic heterocycles. The number of guanidine groups is 2. The van der Waals surface area contributed by atoms with Crippen LogP contribution in [0.3, 0.4) is 0 Å². The highest BCUT2D eigenvalue weighted by Gasteiger charge is 2.33. The molecule has 0 aliphatic carbocycles. The molecule has 1 aliphatic rings. The lowest BCUT2D eigenvalue weighted by Crippen LogP contribution is -2.54. The number of rotatable bonds is 4. The van der Waals surface area contributed by atoms with Crippen LogP contribution in [0.4, 0.5) is 5.69 Å². The van der Waals surface area contributed by atoms with Crippen LogP contribution in [0.15, 0.2) is 52.4 Å². The topological polar surface area (TPSA) is 89.2 Å². The highest BCUT2D eigenvalue weighted by Crippen LogP contribution is 2.34. The van der Waals surface area contributed by atoms with Crippen LogP contribution in [0.5, 0.6) is 5.75 Å². The molecule has 1 heterocycles. The third-order valence-corrected chi connectivity index (χ3v) is 4.42. The second kappa shape index (κ2) is 8.25. The van der Waals surface area contributed by atoms with Crippen molar-refractivity contribution in [3.8, 4) is 5.75 Å². The molecule has 0 atom stereocenters. The average Bonchev–Trinajstić information content (AvgIpc) is 2.54. The molecule has 0 aromatic heterocycles. The number of benzene rings is 2. The Morgan fingerprint density at radius 1 is 1.07 bits per heavy atom. The maximum atomic E-state index is 6.40. The molecule has 0 saturated carbocycles. The Hall–Kier alpha value is -2.15. The molecule has 9 heteroatoms. The second-order valence-electron chi connectivity index (χ2n) is 6.30. The third kappa shape index (κ3) is 4.77. The van der Waals surface area contributed by atoms with Gasteiger partial charge in [-0.25, -0.2) is 4.99 Å². The van der Waals surface area contributed by atoms with Gasteiger partial charge in [0, 0.05) is 10.7 Å². The Bertz CT molecular complexity index is 881. The first-order valence-electron chi connectivity index (χ1n) is 7.93. The Morgan fingerprint density at radius 3 is 2.33 bits per heavy atom. The Balaban J connectivity index is 0.00000261. The van der Waals surface area contributed by atoms with Crippen LogP contribution in [0.2, 0.25) is 10.0 Å². The van der Waals surface area contributed by atoms with Crippen LogP contribution in [0.1, 0.15) is 19.4 Å². The van der Waals surface area contributed by atoms with Gasteiger partial charge < -0.3 is 16.2 Å². The van der Waals surface area contributed by atoms with Crippen LogP contribution in [0.25, 0.3) is 0 Å². The maximum Gasteiger partial charge on any atom is 0.220 e. The van der Waals surface area contributed by atoms with Gasteiger partial charge >= 0.3 is 0 Å². The maximum absolute atomic E-state index is 6.40. The number of aliphatic imine (C=N–C) groups is 2. The quantitative estimate of drug-likeness (QED) is 0.764. The molecule has 6 nitrogen and oxygen atoms in total. The van der Waals surface area contributed by atoms with Crippen LogP contribution >= 0.6 is 35.6 Å². The molecule has 0 unspecified atom stereocenters. The number of hydrogen-bond donors (Lipinski definition) is 2. The SMILES string of the molecule is CC1(C)N=C(N)N=C(N)N1c1ccc(OCc2ccc(Cl)cc2)c(Cl)c1.Cl. The molecule has 0 bridgehead atoms. The minimum absolute atomic E-state index is 0. The lowest BCUT2D eigenvalue weighted by Gasteiger charge is -2.38. The van der Waals surface area contributed by atoms with Crippen molar-refractivity contribution in [2.75, 3.05) is 4.90 Å². The van der Waals surface area contributed by atoms with Crippen LogP contribution < -0.4 is 21.1 Å². The zero-order valence-corrected chi connectivity index (χ0v) is 17.1. The van der Waals surface area contributed by atoms with E-state index in [1.807, 2.05) is 44.2 Å². The number of anilines is 1. The Kier molecular flexibility index (Phi) is 6.46. The van der Waals surface area contributed by atoms with Gasteiger partial charge in [-0.05, 0) is 49.7 Å². The standard InChI is InChI=1S/C18H19Cl2N5O.ClH/c1-18(2)24-16(21)23-17(22)25(18)13-7-8-15(14(20)9-13)26-10-11-3-5-12(19)6-4-11;/h3-9H,10H2,1-2H3,(H4,21,22,23,24);1H. The van der Waals surface area contributed by atoms with Crippen molar-refractivity contribution in [2.24, 2.45) is 21.5 Å². The first-order valence-corrected chi connectivity index (χ1v) is 8.68. The summed E-state index contributed by atoms with van der Waals surface area (Å²) in [5.74, 6) is 0.977. The van der Waals surface area contributed by atoms with E-state index >= 15 is 0 Å². The van der Waals surface area contributed by atoms with E-state index in [9.17, 15) is 0 Å². The molecule has 144 valence electrons. The molecule has 0 amide bonds. The largest absolute Gasteiger partial charge is 0.487 e. The van der Waals surface area contributed by atoms with Crippen molar-refractivity contribution in [1.82, 2.24) is 0 Å². The minimum atomic E-state index is -0.676. The molecule has 0 spiro atoms. The first-order chi connectivity index (χ1) is 12.3. The number of nitrogens with zero attached hydrogens (tertiary/aromatic N) is 3. The monoisotopic (exact) mass is 427 g/mol. The number of ether oxygens (including phenoxy) is 1. The summed E-state index contributed by atoms with van der Waals surface area (Å²) in [6.45, 7) is 4.16. The molecule has 0 fully saturated rings. The van der Waals surface area contributed by atoms with E-state index in [2.05, 4.69) is 9.98 Å². The van der Waals surface area contributed by atoms with E-state index in [1.54, 1.807) is 17.0 Å². The molecule has 2 aromatic rings. The van der Waals surface area contributed by atoms with Gasteiger partial charge in [0.2, 0.25) is 11.9 Å². The summed E-state index contributed by atoms with van der Waals surface area (Å²) < 4.78 is 5.80. The van der Waals surface area contributed by atoms with Gasteiger partial charge in [-0.15, -0.1) is 12.4 Å². The van der Waals surface area contributed by atoms with Gasteiger partial charge in [-0.1, -0.05) is 35.3 Å². The first kappa shape index (κ1) is 21.2. The van der Waals surface area contributed by atoms with Gasteiger partial charge in [-0.2, -0.15) is 4.99 Å². The van der Waals surface area contributed by atoms with Gasteiger partial charge in [0.25, 0.3) is 0 Å². The van der Waals surface area contributed by atoms with Crippen LogP contribution in [-0.4, -0.2) is 17.6 Å². The Labute approximate surface area is 174 Å². The molecule has 0 saturated heterocycles. The summed E-state index contributed by atoms with van der Waals surface area (Å²) in [4.78, 5) is 10.1. The van der Waals surface area contributed by atoms with Crippen molar-refractivity contribution in [1.29, 1.82) is 0 Å². The van der Waals surface area contributed by atoms with Crippen molar-refractivity contribution in [2.45, 2.75) is 26.1 Å². The highest BCUT2D eigenvalue weighted by atomic mass is 35.5. The molecular weight excluding hydrogens is 409 g/mol. The van der Waals surface area contributed by atoms with Crippen molar-refractivity contribution >= 4 is 53.2 Å². The van der Waals surface area contributed by atoms with E-state index in [1.165, 1.54) is 0 Å². The molecule has 3 rings (SSSR count). The summed E-state index contributed by atoms with van der Waals surface area (Å²) in [6, 6.07) is 12.8. The molecule has 27 heavy (non-hydrogen) atoms. The molecule has 0 radical (unpaired) electrons. The number of halogens is 3. The van der Waals surface area contributed by atoms with Crippen molar-refractivity contribution in [3.05, 3.63) is 58.1 Å². The van der Waals surface area contributed by atoms with Gasteiger partial charge in [0.05, 0.1) is 5.02 Å². The normalized spacial score (nSPS) is 15.5.